The summed E-state index contributed by atoms with van der Waals surface area (Å²) in [6.07, 6.45) is 0. The zero-order chi connectivity index (χ0) is 23.0. The van der Waals surface area contributed by atoms with Crippen molar-refractivity contribution in [1.82, 2.24) is 29.6 Å². The highest BCUT2D eigenvalue weighted by molar-refractivity contribution is 8.00. The van der Waals surface area contributed by atoms with Gasteiger partial charge in [-0.2, -0.15) is 4.68 Å². The van der Waals surface area contributed by atoms with Gasteiger partial charge in [-0.05, 0) is 67.4 Å². The molecule has 0 bridgehead atoms. The molecule has 32 heavy (non-hydrogen) atoms. The number of nitrogens with zero attached hydrogens (tertiary/aromatic N) is 6. The first-order valence-corrected chi connectivity index (χ1v) is 11.1. The van der Waals surface area contributed by atoms with E-state index in [9.17, 15) is 9.59 Å². The monoisotopic (exact) mass is 448 g/mol. The molecule has 4 aromatic rings. The molecule has 0 N–H and O–H groups in total. The topological polar surface area (TPSA) is 87.6 Å². The number of rotatable bonds is 6. The van der Waals surface area contributed by atoms with E-state index >= 15 is 0 Å². The molecule has 9 heteroatoms. The van der Waals surface area contributed by atoms with Crippen molar-refractivity contribution in [2.45, 2.75) is 38.1 Å². The molecule has 0 amide bonds. The third-order valence-electron chi connectivity index (χ3n) is 5.62. The van der Waals surface area contributed by atoms with E-state index in [0.717, 1.165) is 16.8 Å². The van der Waals surface area contributed by atoms with Gasteiger partial charge in [0.2, 0.25) is 5.16 Å². The van der Waals surface area contributed by atoms with Gasteiger partial charge in [0, 0.05) is 12.6 Å². The van der Waals surface area contributed by atoms with E-state index < -0.39 is 5.25 Å². The van der Waals surface area contributed by atoms with Gasteiger partial charge in [-0.15, -0.1) is 5.10 Å². The number of aromatic nitrogens is 6. The van der Waals surface area contributed by atoms with Crippen molar-refractivity contribution in [2.24, 2.45) is 7.05 Å². The number of thioether (sulfide) groups is 1. The predicted octanol–water partition coefficient (Wildman–Crippen LogP) is 3.44. The molecule has 2 heterocycles. The Hall–Kier alpha value is -3.46. The Morgan fingerprint density at radius 1 is 1.03 bits per heavy atom. The number of Topliss-reactive ketones (excluding diaryl/α,β-unsaturated/α-hetero) is 1. The van der Waals surface area contributed by atoms with Gasteiger partial charge < -0.3 is 0 Å². The minimum atomic E-state index is -0.428. The summed E-state index contributed by atoms with van der Waals surface area (Å²) < 4.78 is 4.77. The average molecular weight is 449 g/mol. The molecule has 0 aliphatic heterocycles. The van der Waals surface area contributed by atoms with Gasteiger partial charge in [0.25, 0.3) is 5.56 Å². The first-order valence-electron chi connectivity index (χ1n) is 10.2. The quantitative estimate of drug-likeness (QED) is 0.332. The summed E-state index contributed by atoms with van der Waals surface area (Å²) >= 11 is 1.23. The van der Waals surface area contributed by atoms with Crippen LogP contribution in [0.4, 0.5) is 0 Å². The fourth-order valence-corrected chi connectivity index (χ4v) is 4.40. The van der Waals surface area contributed by atoms with Crippen LogP contribution >= 0.6 is 11.8 Å². The highest BCUT2D eigenvalue weighted by Crippen LogP contribution is 2.26. The number of aryl methyl sites for hydroxylation is 2. The number of carbonyl (C=O) groups excluding carboxylic acids is 1. The molecule has 4 rings (SSSR count). The second-order valence-corrected chi connectivity index (χ2v) is 9.01. The molecule has 0 radical (unpaired) electrons. The maximum absolute atomic E-state index is 13.3. The molecule has 0 saturated carbocycles. The maximum atomic E-state index is 13.3. The van der Waals surface area contributed by atoms with Crippen molar-refractivity contribution in [3.8, 4) is 11.4 Å². The zero-order valence-electron chi connectivity index (χ0n) is 18.6. The normalized spacial score (nSPS) is 12.2. The first-order chi connectivity index (χ1) is 15.3. The molecule has 0 saturated heterocycles. The molecule has 0 fully saturated rings. The van der Waals surface area contributed by atoms with Crippen LogP contribution in [0.3, 0.4) is 0 Å². The van der Waals surface area contributed by atoms with Crippen LogP contribution < -0.4 is 5.56 Å². The van der Waals surface area contributed by atoms with E-state index in [1.165, 1.54) is 16.4 Å². The van der Waals surface area contributed by atoms with Crippen LogP contribution in [0.25, 0.3) is 11.4 Å². The second-order valence-electron chi connectivity index (χ2n) is 7.71. The summed E-state index contributed by atoms with van der Waals surface area (Å²) in [4.78, 5) is 26.3. The Morgan fingerprint density at radius 3 is 2.44 bits per heavy atom. The van der Waals surface area contributed by atoms with Crippen molar-refractivity contribution >= 4 is 17.5 Å². The first kappa shape index (κ1) is 21.8. The number of benzene rings is 2. The smallest absolute Gasteiger partial charge is 0.293 e. The summed E-state index contributed by atoms with van der Waals surface area (Å²) in [5.41, 5.74) is 4.43. The highest BCUT2D eigenvalue weighted by atomic mass is 32.2. The third kappa shape index (κ3) is 3.80. The SMILES string of the molecule is Cc1ccc(C(=O)C(C)Sc2nnnn2-c2c(C)n(C)n(-c3ccccc3)c2=O)cc1C. The minimum absolute atomic E-state index is 0.0147. The Bertz CT molecular complexity index is 1350. The fraction of sp³-hybridized carbons (Fsp3) is 0.261. The second kappa shape index (κ2) is 8.58. The lowest BCUT2D eigenvalue weighted by molar-refractivity contribution is 0.0993. The Morgan fingerprint density at radius 2 is 1.75 bits per heavy atom. The van der Waals surface area contributed by atoms with Crippen molar-refractivity contribution in [2.75, 3.05) is 0 Å². The summed E-state index contributed by atoms with van der Waals surface area (Å²) in [6, 6.07) is 15.1. The molecule has 1 atom stereocenters. The van der Waals surface area contributed by atoms with E-state index in [-0.39, 0.29) is 11.3 Å². The number of ketones is 1. The van der Waals surface area contributed by atoms with E-state index in [4.69, 9.17) is 0 Å². The lowest BCUT2D eigenvalue weighted by Crippen LogP contribution is -2.22. The lowest BCUT2D eigenvalue weighted by Gasteiger charge is -2.11. The van der Waals surface area contributed by atoms with Crippen molar-refractivity contribution in [3.63, 3.8) is 0 Å². The molecule has 0 aliphatic rings. The highest BCUT2D eigenvalue weighted by Gasteiger charge is 2.25. The van der Waals surface area contributed by atoms with E-state index in [1.54, 1.807) is 9.36 Å². The van der Waals surface area contributed by atoms with E-state index in [1.807, 2.05) is 83.3 Å². The molecule has 8 nitrogen and oxygen atoms in total. The Balaban J connectivity index is 1.68. The Labute approximate surface area is 189 Å². The molecular formula is C23H24N6O2S. The zero-order valence-corrected chi connectivity index (χ0v) is 19.4. The molecule has 0 aliphatic carbocycles. The summed E-state index contributed by atoms with van der Waals surface area (Å²) in [7, 11) is 1.82. The van der Waals surface area contributed by atoms with Gasteiger partial charge in [0.05, 0.1) is 16.6 Å². The third-order valence-corrected chi connectivity index (χ3v) is 6.65. The molecule has 164 valence electrons. The van der Waals surface area contributed by atoms with Crippen LogP contribution in [-0.2, 0) is 7.05 Å². The molecule has 0 spiro atoms. The summed E-state index contributed by atoms with van der Waals surface area (Å²) in [6.45, 7) is 7.66. The average Bonchev–Trinajstić information content (AvgIpc) is 3.31. The van der Waals surface area contributed by atoms with Gasteiger partial charge >= 0.3 is 0 Å². The largest absolute Gasteiger partial charge is 0.297 e. The number of tetrazole rings is 1. The van der Waals surface area contributed by atoms with Gasteiger partial charge in [-0.3, -0.25) is 14.3 Å². The maximum Gasteiger partial charge on any atom is 0.297 e. The van der Waals surface area contributed by atoms with Gasteiger partial charge in [0.15, 0.2) is 11.5 Å². The van der Waals surface area contributed by atoms with Gasteiger partial charge in [-0.1, -0.05) is 42.1 Å². The van der Waals surface area contributed by atoms with Crippen LogP contribution in [0.1, 0.15) is 34.1 Å². The number of hydrogen-bond acceptors (Lipinski definition) is 6. The molecule has 2 aromatic heterocycles. The van der Waals surface area contributed by atoms with Crippen LogP contribution in [-0.4, -0.2) is 40.6 Å². The van der Waals surface area contributed by atoms with Crippen LogP contribution in [0.15, 0.2) is 58.5 Å². The predicted molar refractivity (Wildman–Crippen MR) is 124 cm³/mol. The molecule has 2 aromatic carbocycles. The van der Waals surface area contributed by atoms with E-state index in [0.29, 0.717) is 22.1 Å². The summed E-state index contributed by atoms with van der Waals surface area (Å²) in [5.74, 6) is -0.0147. The minimum Gasteiger partial charge on any atom is -0.293 e. The molecule has 1 unspecified atom stereocenters. The van der Waals surface area contributed by atoms with Crippen molar-refractivity contribution in [1.29, 1.82) is 0 Å². The van der Waals surface area contributed by atoms with Crippen LogP contribution in [0, 0.1) is 20.8 Å². The van der Waals surface area contributed by atoms with Crippen molar-refractivity contribution in [3.05, 3.63) is 81.3 Å². The van der Waals surface area contributed by atoms with Crippen LogP contribution in [0.5, 0.6) is 0 Å². The fourth-order valence-electron chi connectivity index (χ4n) is 3.53. The van der Waals surface area contributed by atoms with Gasteiger partial charge in [0.1, 0.15) is 0 Å². The Kier molecular flexibility index (Phi) is 5.84. The van der Waals surface area contributed by atoms with Crippen LogP contribution in [0.2, 0.25) is 0 Å². The van der Waals surface area contributed by atoms with Gasteiger partial charge in [-0.25, -0.2) is 4.68 Å². The standard InChI is InChI=1S/C23H24N6O2S/c1-14-11-12-18(13-15(14)2)21(30)17(4)32-23-24-25-26-28(23)20-16(3)27(5)29(22(20)31)19-9-7-6-8-10-19/h6-13,17H,1-5H3. The van der Waals surface area contributed by atoms with Crippen molar-refractivity contribution < 1.29 is 4.79 Å². The van der Waals surface area contributed by atoms with E-state index in [2.05, 4.69) is 15.5 Å². The number of para-hydroxylation sites is 1. The lowest BCUT2D eigenvalue weighted by atomic mass is 10.0. The summed E-state index contributed by atoms with van der Waals surface area (Å²) in [5, 5.41) is 11.9. The number of carbonyl (C=O) groups is 1. The molecular weight excluding hydrogens is 424 g/mol. The number of hydrogen-bond donors (Lipinski definition) is 0.